The van der Waals surface area contributed by atoms with Crippen LogP contribution in [0.4, 0.5) is 0 Å². The molecular weight excluding hydrogens is 308 g/mol. The maximum Gasteiger partial charge on any atom is 2.00 e. The third kappa shape index (κ3) is 4.61. The van der Waals surface area contributed by atoms with Crippen LogP contribution in [0.2, 0.25) is 0 Å². The molecule has 98 valence electrons. The molecule has 1 aromatic rings. The molecule has 0 aliphatic heterocycles. The van der Waals surface area contributed by atoms with Crippen LogP contribution in [0.1, 0.15) is 15.3 Å². The molecule has 0 spiro atoms. The van der Waals surface area contributed by atoms with E-state index in [9.17, 15) is 16.8 Å². The molecule has 0 unspecified atom stereocenters. The summed E-state index contributed by atoms with van der Waals surface area (Å²) < 4.78 is 61.5. The van der Waals surface area contributed by atoms with Crippen molar-refractivity contribution in [3.63, 3.8) is 0 Å². The van der Waals surface area contributed by atoms with Crippen molar-refractivity contribution in [2.45, 2.75) is 16.7 Å². The number of hydrogen-bond acceptors (Lipinski definition) is 4. The van der Waals surface area contributed by atoms with E-state index in [1.165, 1.54) is 12.2 Å². The van der Waals surface area contributed by atoms with Crippen LogP contribution in [0.15, 0.2) is 34.1 Å². The smallest absolute Gasteiger partial charge is 1.00 e. The molecule has 0 saturated heterocycles. The second-order valence-corrected chi connectivity index (χ2v) is 5.96. The Kier molecular flexibility index (Phi) is 6.48. The predicted octanol–water partition coefficient (Wildman–Crippen LogP) is 1.06. The molecule has 0 saturated carbocycles. The van der Waals surface area contributed by atoms with Crippen LogP contribution >= 0.6 is 0 Å². The van der Waals surface area contributed by atoms with Crippen molar-refractivity contribution in [3.8, 4) is 0 Å². The monoisotopic (exact) mass is 320 g/mol. The fourth-order valence-corrected chi connectivity index (χ4v) is 2.41. The Morgan fingerprint density at radius 3 is 2.06 bits per heavy atom. The van der Waals surface area contributed by atoms with Crippen molar-refractivity contribution in [3.05, 3.63) is 29.8 Å². The number of rotatable bonds is 3. The topological polar surface area (TPSA) is 109 Å². The normalized spacial score (nSPS) is 12.4. The first-order chi connectivity index (χ1) is 7.66. The zero-order chi connectivity index (χ0) is 13.3. The maximum atomic E-state index is 11.0. The molecule has 0 aliphatic carbocycles. The van der Waals surface area contributed by atoms with E-state index in [0.717, 1.165) is 18.2 Å². The fraction of sp³-hybridized carbons (Fsp3) is 0.111. The van der Waals surface area contributed by atoms with Gasteiger partial charge >= 0.3 is 37.7 Å². The van der Waals surface area contributed by atoms with E-state index >= 15 is 0 Å². The third-order valence-corrected chi connectivity index (χ3v) is 3.68. The molecule has 2 N–H and O–H groups in total. The minimum Gasteiger partial charge on any atom is -1.00 e. The van der Waals surface area contributed by atoms with Gasteiger partial charge in [0, 0.05) is 0 Å². The largest absolute Gasteiger partial charge is 2.00 e. The van der Waals surface area contributed by atoms with Gasteiger partial charge in [-0.2, -0.15) is 16.8 Å². The Morgan fingerprint density at radius 1 is 1.11 bits per heavy atom. The Hall–Kier alpha value is 0.0397. The van der Waals surface area contributed by atoms with Gasteiger partial charge in [-0.25, -0.2) is 0 Å². The van der Waals surface area contributed by atoms with Crippen molar-refractivity contribution >= 4 is 64.1 Å². The van der Waals surface area contributed by atoms with Gasteiger partial charge in [0.1, 0.15) is 4.90 Å². The first-order valence-electron chi connectivity index (χ1n) is 4.38. The summed E-state index contributed by atoms with van der Waals surface area (Å²) >= 11 is 0. The van der Waals surface area contributed by atoms with Crippen LogP contribution in [0.5, 0.6) is 0 Å². The molecule has 1 rings (SSSR count). The van der Waals surface area contributed by atoms with Crippen molar-refractivity contribution in [1.82, 2.24) is 0 Å². The Morgan fingerprint density at radius 2 is 1.67 bits per heavy atom. The summed E-state index contributed by atoms with van der Waals surface area (Å²) in [7, 11) is -8.86. The third-order valence-electron chi connectivity index (χ3n) is 1.90. The maximum absolute atomic E-state index is 11.0. The molecule has 1 aromatic carbocycles. The molecular formula is C9H12CaO6S2. The molecule has 0 heterocycles. The van der Waals surface area contributed by atoms with Crippen LogP contribution < -0.4 is 0 Å². The average Bonchev–Trinajstić information content (AvgIpc) is 2.15. The van der Waals surface area contributed by atoms with E-state index in [1.54, 1.807) is 6.92 Å². The Balaban J connectivity index is -0.000000963. The molecule has 0 bridgehead atoms. The van der Waals surface area contributed by atoms with E-state index in [-0.39, 0.29) is 46.2 Å². The van der Waals surface area contributed by atoms with Crippen molar-refractivity contribution in [2.24, 2.45) is 0 Å². The zero-order valence-electron chi connectivity index (χ0n) is 11.4. The second-order valence-electron chi connectivity index (χ2n) is 3.15. The summed E-state index contributed by atoms with van der Waals surface area (Å²) in [5.74, 6) is 0. The van der Waals surface area contributed by atoms with E-state index in [4.69, 9.17) is 9.11 Å². The molecule has 0 aliphatic rings. The molecule has 0 fully saturated rings. The summed E-state index contributed by atoms with van der Waals surface area (Å²) in [5, 5.41) is 0. The van der Waals surface area contributed by atoms with Gasteiger partial charge in [0.2, 0.25) is 0 Å². The van der Waals surface area contributed by atoms with Gasteiger partial charge in [-0.05, 0) is 30.7 Å². The van der Waals surface area contributed by atoms with E-state index in [0.29, 0.717) is 0 Å². The van der Waals surface area contributed by atoms with Crippen molar-refractivity contribution in [2.75, 3.05) is 0 Å². The van der Waals surface area contributed by atoms with Crippen LogP contribution in [0.25, 0.3) is 6.08 Å². The summed E-state index contributed by atoms with van der Waals surface area (Å²) in [5.41, 5.74) is -0.0230. The summed E-state index contributed by atoms with van der Waals surface area (Å²) in [6.45, 7) is 1.59. The predicted molar refractivity (Wildman–Crippen MR) is 68.8 cm³/mol. The Labute approximate surface area is 138 Å². The van der Waals surface area contributed by atoms with E-state index in [2.05, 4.69) is 0 Å². The molecule has 0 atom stereocenters. The van der Waals surface area contributed by atoms with Gasteiger partial charge < -0.3 is 2.85 Å². The number of hydrogen-bond donors (Lipinski definition) is 2. The van der Waals surface area contributed by atoms with Crippen LogP contribution in [-0.2, 0) is 20.2 Å². The minimum atomic E-state index is -4.45. The summed E-state index contributed by atoms with van der Waals surface area (Å²) in [6, 6.07) is 2.76. The van der Waals surface area contributed by atoms with Crippen LogP contribution in [0, 0.1) is 0 Å². The van der Waals surface area contributed by atoms with Gasteiger partial charge in [-0.1, -0.05) is 12.2 Å². The molecule has 0 aromatic heterocycles. The van der Waals surface area contributed by atoms with Gasteiger partial charge in [0.15, 0.2) is 0 Å². The second kappa shape index (κ2) is 6.47. The SMILES string of the molecule is CC=Cc1cc(S(=O)(=O)O)ccc1S(=O)(=O)O.[Ca+2].[H-].[H-]. The fourth-order valence-electron chi connectivity index (χ4n) is 1.23. The van der Waals surface area contributed by atoms with Gasteiger partial charge in [0.05, 0.1) is 4.90 Å². The minimum absolute atomic E-state index is 0. The molecule has 0 amide bonds. The quantitative estimate of drug-likeness (QED) is 0.636. The van der Waals surface area contributed by atoms with E-state index < -0.39 is 30.0 Å². The summed E-state index contributed by atoms with van der Waals surface area (Å²) in [6.07, 6.45) is 2.77. The van der Waals surface area contributed by atoms with Crippen molar-refractivity contribution < 1.29 is 28.8 Å². The van der Waals surface area contributed by atoms with Gasteiger partial charge in [-0.3, -0.25) is 9.11 Å². The van der Waals surface area contributed by atoms with Crippen LogP contribution in [-0.4, -0.2) is 63.7 Å². The molecule has 18 heavy (non-hydrogen) atoms. The molecule has 0 radical (unpaired) electrons. The first kappa shape index (κ1) is 18.0. The standard InChI is InChI=1S/C9H10O6S2.Ca.2H/c1-2-3-7-6-8(16(10,11)12)4-5-9(7)17(13,14)15;;;/h2-6H,1H3,(H,10,11,12)(H,13,14,15);;;/q;+2;2*-1. The summed E-state index contributed by atoms with van der Waals surface area (Å²) in [4.78, 5) is -0.874. The zero-order valence-corrected chi connectivity index (χ0v) is 13.3. The number of benzene rings is 1. The van der Waals surface area contributed by atoms with Crippen LogP contribution in [0.3, 0.4) is 0 Å². The molecule has 6 nitrogen and oxygen atoms in total. The molecule has 9 heteroatoms. The van der Waals surface area contributed by atoms with Crippen molar-refractivity contribution in [1.29, 1.82) is 0 Å². The first-order valence-corrected chi connectivity index (χ1v) is 7.26. The van der Waals surface area contributed by atoms with E-state index in [1.807, 2.05) is 0 Å². The Bertz CT molecular complexity index is 670. The van der Waals surface area contributed by atoms with Gasteiger partial charge in [-0.15, -0.1) is 0 Å². The van der Waals surface area contributed by atoms with Gasteiger partial charge in [0.25, 0.3) is 20.2 Å². The number of allylic oxidation sites excluding steroid dienone is 1. The average molecular weight is 320 g/mol.